The molecule has 0 radical (unpaired) electrons. The van der Waals surface area contributed by atoms with Crippen LogP contribution in [-0.4, -0.2) is 42.8 Å². The Balaban J connectivity index is 1.89. The molecule has 1 saturated heterocycles. The molecule has 2 rings (SSSR count). The van der Waals surface area contributed by atoms with Crippen LogP contribution in [0.2, 0.25) is 0 Å². The molecule has 1 aromatic carbocycles. The molecule has 0 spiro atoms. The Morgan fingerprint density at radius 1 is 1.43 bits per heavy atom. The van der Waals surface area contributed by atoms with Crippen molar-refractivity contribution < 1.29 is 14.6 Å². The van der Waals surface area contributed by atoms with Crippen molar-refractivity contribution in [3.05, 3.63) is 41.5 Å². The fourth-order valence-corrected chi connectivity index (χ4v) is 2.83. The number of benzene rings is 1. The minimum absolute atomic E-state index is 0.640. The van der Waals surface area contributed by atoms with Crippen LogP contribution >= 0.6 is 0 Å². The third-order valence-corrected chi connectivity index (χ3v) is 3.81. The van der Waals surface area contributed by atoms with Gasteiger partial charge < -0.3 is 9.84 Å². The van der Waals surface area contributed by atoms with Crippen LogP contribution in [0.5, 0.6) is 0 Å². The maximum atomic E-state index is 10.5. The van der Waals surface area contributed by atoms with Gasteiger partial charge in [0.05, 0.1) is 6.61 Å². The lowest BCUT2D eigenvalue weighted by atomic mass is 9.98. The van der Waals surface area contributed by atoms with Crippen LogP contribution in [0.3, 0.4) is 0 Å². The molecule has 1 N–H and O–H groups in total. The van der Waals surface area contributed by atoms with Crippen molar-refractivity contribution in [1.82, 2.24) is 4.90 Å². The molecular formula is C17H23NO3. The monoisotopic (exact) mass is 289 g/mol. The molecule has 1 heterocycles. The predicted octanol–water partition coefficient (Wildman–Crippen LogP) is 2.64. The first-order valence-corrected chi connectivity index (χ1v) is 7.38. The molecule has 1 unspecified atom stereocenters. The Morgan fingerprint density at radius 2 is 2.19 bits per heavy atom. The van der Waals surface area contributed by atoms with Crippen molar-refractivity contribution in [2.24, 2.45) is 5.92 Å². The second-order valence-corrected chi connectivity index (χ2v) is 5.61. The molecule has 1 atom stereocenters. The number of methoxy groups -OCH3 is 1. The number of carboxylic acid groups (broad SMARTS) is 1. The molecule has 0 amide bonds. The Kier molecular flexibility index (Phi) is 5.96. The average molecular weight is 289 g/mol. The zero-order valence-electron chi connectivity index (χ0n) is 12.5. The van der Waals surface area contributed by atoms with Gasteiger partial charge in [0.1, 0.15) is 0 Å². The molecule has 0 aliphatic carbocycles. The topological polar surface area (TPSA) is 49.8 Å². The number of aliphatic carboxylic acids is 1. The van der Waals surface area contributed by atoms with E-state index in [0.29, 0.717) is 5.92 Å². The van der Waals surface area contributed by atoms with Crippen LogP contribution in [0, 0.1) is 5.92 Å². The summed E-state index contributed by atoms with van der Waals surface area (Å²) < 4.78 is 5.26. The van der Waals surface area contributed by atoms with Gasteiger partial charge in [-0.05, 0) is 42.5 Å². The highest BCUT2D eigenvalue weighted by molar-refractivity contribution is 5.85. The summed E-state index contributed by atoms with van der Waals surface area (Å²) in [7, 11) is 1.77. The Labute approximate surface area is 126 Å². The number of rotatable bonds is 6. The molecule has 0 bridgehead atoms. The number of ether oxygens (including phenoxy) is 1. The Morgan fingerprint density at radius 3 is 2.86 bits per heavy atom. The highest BCUT2D eigenvalue weighted by atomic mass is 16.5. The average Bonchev–Trinajstić information content (AvgIpc) is 2.47. The van der Waals surface area contributed by atoms with Crippen molar-refractivity contribution in [3.8, 4) is 0 Å². The van der Waals surface area contributed by atoms with Crippen molar-refractivity contribution in [2.45, 2.75) is 19.4 Å². The standard InChI is InChI=1S/C17H23NO3/c1-21-13-16-3-2-10-18(12-16)11-15-6-4-14(5-7-15)8-9-17(19)20/h4-9,16H,2-3,10-13H2,1H3,(H,19,20)/b9-8+. The van der Waals surface area contributed by atoms with Crippen LogP contribution in [0.4, 0.5) is 0 Å². The van der Waals surface area contributed by atoms with Gasteiger partial charge >= 0.3 is 5.97 Å². The number of nitrogens with zero attached hydrogens (tertiary/aromatic N) is 1. The second kappa shape index (κ2) is 7.96. The molecule has 0 aromatic heterocycles. The lowest BCUT2D eigenvalue weighted by Gasteiger charge is -2.32. The van der Waals surface area contributed by atoms with Crippen LogP contribution in [0.15, 0.2) is 30.3 Å². The van der Waals surface area contributed by atoms with Crippen LogP contribution < -0.4 is 0 Å². The van der Waals surface area contributed by atoms with Gasteiger partial charge in [-0.15, -0.1) is 0 Å². The predicted molar refractivity (Wildman–Crippen MR) is 83.0 cm³/mol. The van der Waals surface area contributed by atoms with Crippen LogP contribution in [0.25, 0.3) is 6.08 Å². The Hall–Kier alpha value is -1.65. The largest absolute Gasteiger partial charge is 0.478 e. The number of hydrogen-bond donors (Lipinski definition) is 1. The fraction of sp³-hybridized carbons (Fsp3) is 0.471. The quantitative estimate of drug-likeness (QED) is 0.818. The Bertz CT molecular complexity index is 479. The SMILES string of the molecule is COCC1CCCN(Cc2ccc(/C=C/C(=O)O)cc2)C1. The smallest absolute Gasteiger partial charge is 0.328 e. The van der Waals surface area contributed by atoms with E-state index in [1.165, 1.54) is 18.4 Å². The third kappa shape index (κ3) is 5.33. The summed E-state index contributed by atoms with van der Waals surface area (Å²) in [6.45, 7) is 4.02. The van der Waals surface area contributed by atoms with Gasteiger partial charge in [-0.1, -0.05) is 24.3 Å². The maximum Gasteiger partial charge on any atom is 0.328 e. The number of carbonyl (C=O) groups is 1. The highest BCUT2D eigenvalue weighted by Crippen LogP contribution is 2.19. The number of carboxylic acids is 1. The zero-order chi connectivity index (χ0) is 15.1. The summed E-state index contributed by atoms with van der Waals surface area (Å²) in [6, 6.07) is 8.07. The van der Waals surface area contributed by atoms with Crippen molar-refractivity contribution in [1.29, 1.82) is 0 Å². The summed E-state index contributed by atoms with van der Waals surface area (Å²) in [5.74, 6) is -0.280. The normalized spacial score (nSPS) is 20.0. The molecule has 4 nitrogen and oxygen atoms in total. The van der Waals surface area contributed by atoms with Crippen LogP contribution in [0.1, 0.15) is 24.0 Å². The maximum absolute atomic E-state index is 10.5. The molecule has 1 aliphatic heterocycles. The molecule has 114 valence electrons. The molecule has 1 aliphatic rings. The number of likely N-dealkylation sites (tertiary alicyclic amines) is 1. The van der Waals surface area contributed by atoms with E-state index in [-0.39, 0.29) is 0 Å². The lowest BCUT2D eigenvalue weighted by molar-refractivity contribution is -0.131. The van der Waals surface area contributed by atoms with E-state index >= 15 is 0 Å². The third-order valence-electron chi connectivity index (χ3n) is 3.81. The summed E-state index contributed by atoms with van der Waals surface area (Å²) >= 11 is 0. The summed E-state index contributed by atoms with van der Waals surface area (Å²) in [5.41, 5.74) is 2.18. The van der Waals surface area contributed by atoms with Gasteiger partial charge in [0.15, 0.2) is 0 Å². The first-order valence-electron chi connectivity index (χ1n) is 7.38. The van der Waals surface area contributed by atoms with E-state index in [9.17, 15) is 4.79 Å². The first-order chi connectivity index (χ1) is 10.2. The highest BCUT2D eigenvalue weighted by Gasteiger charge is 2.19. The van der Waals surface area contributed by atoms with Crippen molar-refractivity contribution in [3.63, 3.8) is 0 Å². The first kappa shape index (κ1) is 15.7. The molecule has 4 heteroatoms. The lowest BCUT2D eigenvalue weighted by Crippen LogP contribution is -2.36. The van der Waals surface area contributed by atoms with E-state index in [1.54, 1.807) is 13.2 Å². The molecule has 21 heavy (non-hydrogen) atoms. The summed E-state index contributed by atoms with van der Waals surface area (Å²) in [5, 5.41) is 8.61. The van der Waals surface area contributed by atoms with Crippen molar-refractivity contribution >= 4 is 12.0 Å². The fourth-order valence-electron chi connectivity index (χ4n) is 2.83. The summed E-state index contributed by atoms with van der Waals surface area (Å²) in [6.07, 6.45) is 5.26. The van der Waals surface area contributed by atoms with Gasteiger partial charge in [0.2, 0.25) is 0 Å². The molecule has 1 aromatic rings. The van der Waals surface area contributed by atoms with E-state index in [1.807, 2.05) is 12.1 Å². The van der Waals surface area contributed by atoms with Crippen LogP contribution in [-0.2, 0) is 16.1 Å². The van der Waals surface area contributed by atoms with Gasteiger partial charge in [-0.2, -0.15) is 0 Å². The summed E-state index contributed by atoms with van der Waals surface area (Å²) in [4.78, 5) is 13.0. The molecule has 0 saturated carbocycles. The van der Waals surface area contributed by atoms with E-state index in [2.05, 4.69) is 17.0 Å². The minimum atomic E-state index is -0.920. The van der Waals surface area contributed by atoms with Gasteiger partial charge in [0.25, 0.3) is 0 Å². The second-order valence-electron chi connectivity index (χ2n) is 5.61. The van der Waals surface area contributed by atoms with Crippen molar-refractivity contribution in [2.75, 3.05) is 26.8 Å². The zero-order valence-corrected chi connectivity index (χ0v) is 12.5. The van der Waals surface area contributed by atoms with Gasteiger partial charge in [-0.25, -0.2) is 4.79 Å². The molecular weight excluding hydrogens is 266 g/mol. The minimum Gasteiger partial charge on any atom is -0.478 e. The van der Waals surface area contributed by atoms with Gasteiger partial charge in [0, 0.05) is 26.3 Å². The molecule has 1 fully saturated rings. The van der Waals surface area contributed by atoms with E-state index < -0.39 is 5.97 Å². The number of hydrogen-bond acceptors (Lipinski definition) is 3. The van der Waals surface area contributed by atoms with E-state index in [0.717, 1.165) is 37.9 Å². The van der Waals surface area contributed by atoms with E-state index in [4.69, 9.17) is 9.84 Å². The van der Waals surface area contributed by atoms with Gasteiger partial charge in [-0.3, -0.25) is 4.90 Å². The number of piperidine rings is 1.